The second-order valence-corrected chi connectivity index (χ2v) is 8.72. The van der Waals surface area contributed by atoms with Crippen molar-refractivity contribution in [1.29, 1.82) is 0 Å². The van der Waals surface area contributed by atoms with Crippen LogP contribution in [0.15, 0.2) is 24.3 Å². The molecule has 3 fully saturated rings. The van der Waals surface area contributed by atoms with Gasteiger partial charge in [-0.05, 0) is 43.8 Å². The molecular formula is C19H28Cl2N4O3S. The summed E-state index contributed by atoms with van der Waals surface area (Å²) in [5.41, 5.74) is 1.35. The number of nitrogens with zero attached hydrogens (tertiary/aromatic N) is 3. The molecule has 1 amide bonds. The van der Waals surface area contributed by atoms with Crippen LogP contribution in [0.5, 0.6) is 0 Å². The lowest BCUT2D eigenvalue weighted by Crippen LogP contribution is -2.42. The Hall–Kier alpha value is -1.06. The van der Waals surface area contributed by atoms with E-state index in [0.29, 0.717) is 12.0 Å². The third-order valence-electron chi connectivity index (χ3n) is 6.09. The van der Waals surface area contributed by atoms with E-state index in [-0.39, 0.29) is 47.4 Å². The van der Waals surface area contributed by atoms with Crippen LogP contribution < -0.4 is 5.32 Å². The summed E-state index contributed by atoms with van der Waals surface area (Å²) in [5.74, 6) is 2.62. The maximum absolute atomic E-state index is 12.6. The van der Waals surface area contributed by atoms with Crippen molar-refractivity contribution in [3.8, 4) is 0 Å². The second-order valence-electron chi connectivity index (χ2n) is 7.65. The summed E-state index contributed by atoms with van der Waals surface area (Å²) in [6.07, 6.45) is 3.04. The molecule has 0 bridgehead atoms. The number of halogens is 2. The van der Waals surface area contributed by atoms with Crippen LogP contribution in [0.25, 0.3) is 0 Å². The minimum absolute atomic E-state index is 0. The fourth-order valence-electron chi connectivity index (χ4n) is 4.46. The zero-order valence-electron chi connectivity index (χ0n) is 16.2. The van der Waals surface area contributed by atoms with Crippen LogP contribution in [0, 0.1) is 10.1 Å². The predicted molar refractivity (Wildman–Crippen MR) is 120 cm³/mol. The first-order chi connectivity index (χ1) is 13.1. The van der Waals surface area contributed by atoms with Gasteiger partial charge < -0.3 is 10.2 Å². The fourth-order valence-corrected chi connectivity index (χ4v) is 5.41. The number of amides is 1. The number of carbonyl (C=O) groups excluding carboxylic acids is 1. The highest BCUT2D eigenvalue weighted by molar-refractivity contribution is 7.99. The normalized spacial score (nSPS) is 25.3. The van der Waals surface area contributed by atoms with E-state index in [1.54, 1.807) is 12.1 Å². The summed E-state index contributed by atoms with van der Waals surface area (Å²) in [6, 6.07) is 7.43. The van der Waals surface area contributed by atoms with Crippen LogP contribution in [0.4, 0.5) is 5.69 Å². The lowest BCUT2D eigenvalue weighted by Gasteiger charge is -2.36. The molecule has 0 aliphatic carbocycles. The monoisotopic (exact) mass is 462 g/mol. The highest BCUT2D eigenvalue weighted by Gasteiger charge is 2.36. The van der Waals surface area contributed by atoms with Crippen LogP contribution >= 0.6 is 36.6 Å². The van der Waals surface area contributed by atoms with Crippen molar-refractivity contribution in [3.05, 3.63) is 39.9 Å². The van der Waals surface area contributed by atoms with E-state index in [1.165, 1.54) is 5.56 Å². The number of rotatable bonds is 4. The Labute approximate surface area is 187 Å². The van der Waals surface area contributed by atoms with Crippen LogP contribution in [0.1, 0.15) is 30.7 Å². The molecule has 0 saturated carbocycles. The number of hydrogen-bond donors (Lipinski definition) is 1. The van der Waals surface area contributed by atoms with E-state index < -0.39 is 0 Å². The molecule has 2 atom stereocenters. The molecule has 1 N–H and O–H groups in total. The predicted octanol–water partition coefficient (Wildman–Crippen LogP) is 2.88. The smallest absolute Gasteiger partial charge is 0.269 e. The second kappa shape index (κ2) is 10.8. The van der Waals surface area contributed by atoms with E-state index in [2.05, 4.69) is 10.2 Å². The number of likely N-dealkylation sites (tertiary alicyclic amines) is 1. The Kier molecular flexibility index (Phi) is 9.03. The van der Waals surface area contributed by atoms with Crippen molar-refractivity contribution in [3.63, 3.8) is 0 Å². The van der Waals surface area contributed by atoms with Gasteiger partial charge in [0.05, 0.1) is 16.8 Å². The topological polar surface area (TPSA) is 78.7 Å². The number of carbonyl (C=O) groups is 1. The molecule has 29 heavy (non-hydrogen) atoms. The van der Waals surface area contributed by atoms with E-state index >= 15 is 0 Å². The summed E-state index contributed by atoms with van der Waals surface area (Å²) < 4.78 is 0. The Morgan fingerprint density at radius 3 is 2.41 bits per heavy atom. The average Bonchev–Trinajstić information content (AvgIpc) is 3.40. The number of hydrogen-bond acceptors (Lipinski definition) is 6. The molecule has 3 aliphatic heterocycles. The molecule has 3 heterocycles. The molecule has 3 saturated heterocycles. The minimum Gasteiger partial charge on any atom is -0.331 e. The third-order valence-corrected chi connectivity index (χ3v) is 7.06. The van der Waals surface area contributed by atoms with Gasteiger partial charge in [0.15, 0.2) is 0 Å². The summed E-state index contributed by atoms with van der Waals surface area (Å²) in [7, 11) is 0. The Bertz CT molecular complexity index is 695. The lowest BCUT2D eigenvalue weighted by atomic mass is 9.88. The van der Waals surface area contributed by atoms with Crippen molar-refractivity contribution in [1.82, 2.24) is 15.1 Å². The first-order valence-electron chi connectivity index (χ1n) is 9.70. The zero-order valence-corrected chi connectivity index (χ0v) is 18.6. The molecule has 0 unspecified atom stereocenters. The minimum atomic E-state index is -0.349. The third kappa shape index (κ3) is 5.55. The first-order valence-corrected chi connectivity index (χ1v) is 10.9. The fraction of sp³-hybridized carbons (Fsp3) is 0.632. The van der Waals surface area contributed by atoms with Gasteiger partial charge in [0.2, 0.25) is 5.91 Å². The molecule has 0 radical (unpaired) electrons. The number of nitro benzene ring substituents is 1. The molecule has 4 rings (SSSR count). The maximum atomic E-state index is 12.6. The van der Waals surface area contributed by atoms with Crippen molar-refractivity contribution >= 4 is 48.2 Å². The van der Waals surface area contributed by atoms with Gasteiger partial charge in [0, 0.05) is 37.0 Å². The maximum Gasteiger partial charge on any atom is 0.269 e. The standard InChI is InChI=1S/C19H26N4O3S.2ClH/c24-19(22-9-10-27-13-22)18-11-17(12-20-18)21-7-5-15(6-8-21)14-1-3-16(4-2-14)23(25)26;;/h1-4,15,17-18,20H,5-13H2;2*1H/t17-,18-;;/m0../s1. The van der Waals surface area contributed by atoms with Gasteiger partial charge in [0.25, 0.3) is 5.69 Å². The van der Waals surface area contributed by atoms with Gasteiger partial charge in [-0.15, -0.1) is 36.6 Å². The molecule has 7 nitrogen and oxygen atoms in total. The molecule has 0 spiro atoms. The summed E-state index contributed by atoms with van der Waals surface area (Å²) >= 11 is 1.83. The van der Waals surface area contributed by atoms with Gasteiger partial charge in [0.1, 0.15) is 0 Å². The van der Waals surface area contributed by atoms with Crippen LogP contribution in [-0.4, -0.2) is 70.5 Å². The van der Waals surface area contributed by atoms with Gasteiger partial charge in [-0.2, -0.15) is 0 Å². The van der Waals surface area contributed by atoms with E-state index in [9.17, 15) is 14.9 Å². The highest BCUT2D eigenvalue weighted by Crippen LogP contribution is 2.31. The number of nitro groups is 1. The molecule has 0 aromatic heterocycles. The quantitative estimate of drug-likeness (QED) is 0.547. The largest absolute Gasteiger partial charge is 0.331 e. The lowest BCUT2D eigenvalue weighted by molar-refractivity contribution is -0.384. The van der Waals surface area contributed by atoms with Crippen molar-refractivity contribution in [2.45, 2.75) is 37.3 Å². The SMILES string of the molecule is Cl.Cl.O=C([C@@H]1C[C@H](N2CCC(c3ccc([N+](=O)[O-])cc3)CC2)CN1)N1CCSC1. The Morgan fingerprint density at radius 1 is 1.14 bits per heavy atom. The van der Waals surface area contributed by atoms with Gasteiger partial charge >= 0.3 is 0 Å². The van der Waals surface area contributed by atoms with E-state index in [1.807, 2.05) is 28.8 Å². The summed E-state index contributed by atoms with van der Waals surface area (Å²) in [6.45, 7) is 3.82. The summed E-state index contributed by atoms with van der Waals surface area (Å²) in [4.78, 5) is 27.5. The van der Waals surface area contributed by atoms with Crippen molar-refractivity contribution in [2.75, 3.05) is 37.8 Å². The highest BCUT2D eigenvalue weighted by atomic mass is 35.5. The van der Waals surface area contributed by atoms with Crippen LogP contribution in [0.2, 0.25) is 0 Å². The number of non-ortho nitro benzene ring substituents is 1. The Morgan fingerprint density at radius 2 is 1.83 bits per heavy atom. The summed E-state index contributed by atoms with van der Waals surface area (Å²) in [5, 5.41) is 14.2. The van der Waals surface area contributed by atoms with Gasteiger partial charge in [-0.1, -0.05) is 12.1 Å². The number of thioether (sulfide) groups is 1. The number of nitrogens with one attached hydrogen (secondary N) is 1. The van der Waals surface area contributed by atoms with Gasteiger partial charge in [-0.25, -0.2) is 0 Å². The van der Waals surface area contributed by atoms with E-state index in [4.69, 9.17) is 0 Å². The van der Waals surface area contributed by atoms with Crippen molar-refractivity contribution in [2.24, 2.45) is 0 Å². The van der Waals surface area contributed by atoms with Crippen molar-refractivity contribution < 1.29 is 9.72 Å². The molecule has 1 aromatic carbocycles. The molecule has 1 aromatic rings. The number of benzene rings is 1. The molecule has 162 valence electrons. The molecule has 3 aliphatic rings. The van der Waals surface area contributed by atoms with Crippen LogP contribution in [-0.2, 0) is 4.79 Å². The van der Waals surface area contributed by atoms with E-state index in [0.717, 1.165) is 57.1 Å². The Balaban J connectivity index is 0.00000150. The zero-order chi connectivity index (χ0) is 18.8. The average molecular weight is 463 g/mol. The molecule has 10 heteroatoms. The van der Waals surface area contributed by atoms with Gasteiger partial charge in [-0.3, -0.25) is 19.8 Å². The first kappa shape index (κ1) is 24.2. The molecular weight excluding hydrogens is 435 g/mol. The number of piperidine rings is 1. The van der Waals surface area contributed by atoms with Crippen LogP contribution in [0.3, 0.4) is 0 Å².